The number of benzene rings is 2. The van der Waals surface area contributed by atoms with E-state index in [1.807, 2.05) is 0 Å². The van der Waals surface area contributed by atoms with Gasteiger partial charge >= 0.3 is 0 Å². The first-order chi connectivity index (χ1) is 13.8. The van der Waals surface area contributed by atoms with E-state index < -0.39 is 17.7 Å². The van der Waals surface area contributed by atoms with Crippen molar-refractivity contribution in [3.05, 3.63) is 63.1 Å². The van der Waals surface area contributed by atoms with Crippen LogP contribution in [0.2, 0.25) is 5.02 Å². The molecule has 1 aliphatic heterocycles. The minimum Gasteiger partial charge on any atom is -0.480 e. The van der Waals surface area contributed by atoms with Gasteiger partial charge in [0.1, 0.15) is 5.75 Å². The minimum atomic E-state index is -0.836. The van der Waals surface area contributed by atoms with E-state index >= 15 is 0 Å². The Labute approximate surface area is 182 Å². The maximum Gasteiger partial charge on any atom is 0.260 e. The van der Waals surface area contributed by atoms with Crippen LogP contribution in [0.15, 0.2) is 40.9 Å². The molecular weight excluding hydrogens is 466 g/mol. The Hall–Kier alpha value is -1.70. The number of rotatable bonds is 6. The third kappa shape index (κ3) is 6.14. The second-order valence-corrected chi connectivity index (χ2v) is 8.43. The molecule has 0 radical (unpaired) electrons. The molecule has 4 nitrogen and oxygen atoms in total. The molecular formula is C21H22BrClF2N2O2. The van der Waals surface area contributed by atoms with E-state index in [0.29, 0.717) is 21.8 Å². The second kappa shape index (κ2) is 9.87. The first kappa shape index (κ1) is 22.0. The standard InChI is InChI=1S/C21H22BrClF2N2O2/c1-13(29-20-5-3-15(23)11-17(20)22)21(28)26-16-6-8-27(9-7-16)12-14-2-4-18(24)19(25)10-14/h2-5,10-11,13,16H,6-9,12H2,1H3,(H,26,28)/t13-/m1/s1. The number of hydrogen-bond acceptors (Lipinski definition) is 3. The summed E-state index contributed by atoms with van der Waals surface area (Å²) in [7, 11) is 0. The Kier molecular flexibility index (Phi) is 7.49. The SMILES string of the molecule is C[C@@H](Oc1ccc(Cl)cc1Br)C(=O)NC1CCN(Cc2ccc(F)c(F)c2)CC1. The first-order valence-electron chi connectivity index (χ1n) is 9.40. The van der Waals surface area contributed by atoms with Crippen LogP contribution in [-0.2, 0) is 11.3 Å². The van der Waals surface area contributed by atoms with Crippen molar-refractivity contribution in [2.45, 2.75) is 38.5 Å². The van der Waals surface area contributed by atoms with Gasteiger partial charge in [-0.25, -0.2) is 8.78 Å². The number of hydrogen-bond donors (Lipinski definition) is 1. The summed E-state index contributed by atoms with van der Waals surface area (Å²) in [6, 6.07) is 9.17. The fourth-order valence-corrected chi connectivity index (χ4v) is 4.04. The third-order valence-electron chi connectivity index (χ3n) is 4.89. The zero-order chi connectivity index (χ0) is 21.0. The normalized spacial score (nSPS) is 16.4. The van der Waals surface area contributed by atoms with Gasteiger partial charge < -0.3 is 10.1 Å². The van der Waals surface area contributed by atoms with Crippen LogP contribution in [0.25, 0.3) is 0 Å². The molecule has 1 aliphatic rings. The summed E-state index contributed by atoms with van der Waals surface area (Å²) in [5.74, 6) is -1.28. The molecule has 0 bridgehead atoms. The molecule has 1 N–H and O–H groups in total. The Bertz CT molecular complexity index is 876. The number of likely N-dealkylation sites (tertiary alicyclic amines) is 1. The molecule has 0 saturated carbocycles. The summed E-state index contributed by atoms with van der Waals surface area (Å²) >= 11 is 9.29. The molecule has 2 aromatic carbocycles. The van der Waals surface area contributed by atoms with Gasteiger partial charge in [0.15, 0.2) is 17.7 Å². The van der Waals surface area contributed by atoms with Crippen LogP contribution >= 0.6 is 27.5 Å². The molecule has 8 heteroatoms. The molecule has 29 heavy (non-hydrogen) atoms. The first-order valence-corrected chi connectivity index (χ1v) is 10.6. The van der Waals surface area contributed by atoms with Crippen molar-refractivity contribution in [2.24, 2.45) is 0 Å². The predicted molar refractivity (Wildman–Crippen MR) is 112 cm³/mol. The van der Waals surface area contributed by atoms with Crippen molar-refractivity contribution in [3.63, 3.8) is 0 Å². The molecule has 0 aliphatic carbocycles. The molecule has 3 rings (SSSR count). The second-order valence-electron chi connectivity index (χ2n) is 7.14. The molecule has 1 atom stereocenters. The van der Waals surface area contributed by atoms with Gasteiger partial charge in [0.2, 0.25) is 0 Å². The number of nitrogens with one attached hydrogen (secondary N) is 1. The quantitative estimate of drug-likeness (QED) is 0.628. The summed E-state index contributed by atoms with van der Waals surface area (Å²) in [5.41, 5.74) is 0.738. The largest absolute Gasteiger partial charge is 0.480 e. The van der Waals surface area contributed by atoms with Gasteiger partial charge in [-0.2, -0.15) is 0 Å². The van der Waals surface area contributed by atoms with Gasteiger partial charge in [-0.15, -0.1) is 0 Å². The smallest absolute Gasteiger partial charge is 0.260 e. The molecule has 0 aromatic heterocycles. The molecule has 1 saturated heterocycles. The average Bonchev–Trinajstić information content (AvgIpc) is 2.68. The summed E-state index contributed by atoms with van der Waals surface area (Å²) in [6.45, 7) is 3.79. The Morgan fingerprint density at radius 2 is 1.97 bits per heavy atom. The highest BCUT2D eigenvalue weighted by Gasteiger charge is 2.24. The van der Waals surface area contributed by atoms with Gasteiger partial charge in [0.05, 0.1) is 4.47 Å². The zero-order valence-electron chi connectivity index (χ0n) is 15.9. The van der Waals surface area contributed by atoms with Crippen LogP contribution in [0.5, 0.6) is 5.75 Å². The summed E-state index contributed by atoms with van der Waals surface area (Å²) in [6.07, 6.45) is 0.923. The van der Waals surface area contributed by atoms with Gasteiger partial charge in [0.25, 0.3) is 5.91 Å². The van der Waals surface area contributed by atoms with E-state index in [9.17, 15) is 13.6 Å². The van der Waals surface area contributed by atoms with Gasteiger partial charge in [-0.05, 0) is 71.6 Å². The molecule has 1 amide bonds. The van der Waals surface area contributed by atoms with E-state index in [-0.39, 0.29) is 11.9 Å². The summed E-state index contributed by atoms with van der Waals surface area (Å²) in [5, 5.41) is 3.61. The zero-order valence-corrected chi connectivity index (χ0v) is 18.3. The van der Waals surface area contributed by atoms with Crippen LogP contribution < -0.4 is 10.1 Å². The highest BCUT2D eigenvalue weighted by molar-refractivity contribution is 9.10. The topological polar surface area (TPSA) is 41.6 Å². The third-order valence-corrected chi connectivity index (χ3v) is 5.75. The molecule has 0 spiro atoms. The average molecular weight is 488 g/mol. The summed E-state index contributed by atoms with van der Waals surface area (Å²) in [4.78, 5) is 14.6. The van der Waals surface area contributed by atoms with Crippen molar-refractivity contribution < 1.29 is 18.3 Å². The molecule has 0 unspecified atom stereocenters. The van der Waals surface area contributed by atoms with E-state index in [2.05, 4.69) is 26.1 Å². The number of carbonyl (C=O) groups excluding carboxylic acids is 1. The maximum absolute atomic E-state index is 13.4. The van der Waals surface area contributed by atoms with E-state index in [1.165, 1.54) is 6.07 Å². The van der Waals surface area contributed by atoms with E-state index in [1.54, 1.807) is 31.2 Å². The van der Waals surface area contributed by atoms with Crippen molar-refractivity contribution in [1.82, 2.24) is 10.2 Å². The number of nitrogens with zero attached hydrogens (tertiary/aromatic N) is 1. The van der Waals surface area contributed by atoms with Crippen LogP contribution in [0, 0.1) is 11.6 Å². The lowest BCUT2D eigenvalue weighted by Crippen LogP contribution is -2.47. The number of amides is 1. The number of halogens is 4. The minimum absolute atomic E-state index is 0.0587. The van der Waals surface area contributed by atoms with E-state index in [0.717, 1.165) is 37.6 Å². The van der Waals surface area contributed by atoms with Crippen molar-refractivity contribution >= 4 is 33.4 Å². The molecule has 2 aromatic rings. The number of ether oxygens (including phenoxy) is 1. The van der Waals surface area contributed by atoms with Crippen molar-refractivity contribution in [3.8, 4) is 5.75 Å². The van der Waals surface area contributed by atoms with Crippen LogP contribution in [0.4, 0.5) is 8.78 Å². The number of piperidine rings is 1. The van der Waals surface area contributed by atoms with Gasteiger partial charge in [0, 0.05) is 30.7 Å². The highest BCUT2D eigenvalue weighted by atomic mass is 79.9. The van der Waals surface area contributed by atoms with Crippen LogP contribution in [-0.4, -0.2) is 36.0 Å². The fraction of sp³-hybridized carbons (Fsp3) is 0.381. The summed E-state index contributed by atoms with van der Waals surface area (Å²) < 4.78 is 32.8. The highest BCUT2D eigenvalue weighted by Crippen LogP contribution is 2.28. The Morgan fingerprint density at radius 1 is 1.24 bits per heavy atom. The van der Waals surface area contributed by atoms with E-state index in [4.69, 9.17) is 16.3 Å². The Balaban J connectivity index is 1.45. The van der Waals surface area contributed by atoms with Gasteiger partial charge in [-0.3, -0.25) is 9.69 Å². The fourth-order valence-electron chi connectivity index (χ4n) is 3.26. The molecule has 1 fully saturated rings. The lowest BCUT2D eigenvalue weighted by Gasteiger charge is -2.33. The monoisotopic (exact) mass is 486 g/mol. The molecule has 156 valence electrons. The van der Waals surface area contributed by atoms with Gasteiger partial charge in [-0.1, -0.05) is 17.7 Å². The van der Waals surface area contributed by atoms with Crippen LogP contribution in [0.1, 0.15) is 25.3 Å². The van der Waals surface area contributed by atoms with Crippen molar-refractivity contribution in [2.75, 3.05) is 13.1 Å². The lowest BCUT2D eigenvalue weighted by molar-refractivity contribution is -0.128. The predicted octanol–water partition coefficient (Wildman–Crippen LogP) is 4.93. The molecule has 1 heterocycles. The number of carbonyl (C=O) groups is 1. The van der Waals surface area contributed by atoms with Crippen molar-refractivity contribution in [1.29, 1.82) is 0 Å². The Morgan fingerprint density at radius 3 is 2.62 bits per heavy atom. The lowest BCUT2D eigenvalue weighted by atomic mass is 10.0. The van der Waals surface area contributed by atoms with Crippen LogP contribution in [0.3, 0.4) is 0 Å². The maximum atomic E-state index is 13.4.